The highest BCUT2D eigenvalue weighted by Gasteiger charge is 2.13. The smallest absolute Gasteiger partial charge is 0.339 e. The van der Waals surface area contributed by atoms with Crippen LogP contribution in [0.4, 0.5) is 5.69 Å². The fourth-order valence-electron chi connectivity index (χ4n) is 1.80. The zero-order chi connectivity index (χ0) is 14.7. The minimum absolute atomic E-state index is 0.190. The van der Waals surface area contributed by atoms with E-state index in [1.807, 2.05) is 18.2 Å². The molecule has 0 spiro atoms. The van der Waals surface area contributed by atoms with Crippen molar-refractivity contribution in [3.05, 3.63) is 45.8 Å². The number of halogens is 1. The van der Waals surface area contributed by atoms with Crippen LogP contribution in [0.5, 0.6) is 5.75 Å². The van der Waals surface area contributed by atoms with Crippen molar-refractivity contribution in [2.45, 2.75) is 13.5 Å². The Hall–Kier alpha value is -1.95. The third-order valence-electron chi connectivity index (χ3n) is 2.82. The Morgan fingerprint density at radius 2 is 2.20 bits per heavy atom. The molecular weight excluding hydrogens is 326 g/mol. The maximum atomic E-state index is 10.9. The van der Waals surface area contributed by atoms with E-state index < -0.39 is 5.97 Å². The number of benzene rings is 1. The van der Waals surface area contributed by atoms with Crippen LogP contribution in [-0.2, 0) is 6.54 Å². The molecule has 20 heavy (non-hydrogen) atoms. The second-order valence-electron chi connectivity index (χ2n) is 4.19. The van der Waals surface area contributed by atoms with Crippen LogP contribution in [0, 0.1) is 6.92 Å². The number of hydrogen-bond acceptors (Lipinski definition) is 4. The van der Waals surface area contributed by atoms with E-state index >= 15 is 0 Å². The molecule has 0 aliphatic heterocycles. The van der Waals surface area contributed by atoms with Crippen molar-refractivity contribution >= 4 is 27.6 Å². The number of aryl methyl sites for hydroxylation is 1. The first-order chi connectivity index (χ1) is 9.51. The van der Waals surface area contributed by atoms with Crippen LogP contribution in [0.2, 0.25) is 0 Å². The van der Waals surface area contributed by atoms with Gasteiger partial charge in [-0.15, -0.1) is 0 Å². The summed E-state index contributed by atoms with van der Waals surface area (Å²) in [4.78, 5) is 10.9. The van der Waals surface area contributed by atoms with E-state index in [-0.39, 0.29) is 5.56 Å². The second kappa shape index (κ2) is 6.00. The van der Waals surface area contributed by atoms with Gasteiger partial charge in [-0.25, -0.2) is 4.79 Å². The van der Waals surface area contributed by atoms with E-state index in [2.05, 4.69) is 21.2 Å². The molecule has 0 radical (unpaired) electrons. The Balaban J connectivity index is 2.09. The minimum atomic E-state index is -0.984. The summed E-state index contributed by atoms with van der Waals surface area (Å²) in [6.07, 6.45) is 0. The van der Waals surface area contributed by atoms with Crippen molar-refractivity contribution in [2.24, 2.45) is 0 Å². The first-order valence-electron chi connectivity index (χ1n) is 5.91. The number of methoxy groups -OCH3 is 1. The molecule has 106 valence electrons. The van der Waals surface area contributed by atoms with Gasteiger partial charge in [0.15, 0.2) is 0 Å². The second-order valence-corrected chi connectivity index (χ2v) is 5.04. The van der Waals surface area contributed by atoms with Crippen LogP contribution >= 0.6 is 15.9 Å². The highest BCUT2D eigenvalue weighted by atomic mass is 79.9. The highest BCUT2D eigenvalue weighted by Crippen LogP contribution is 2.28. The van der Waals surface area contributed by atoms with Crippen LogP contribution in [0.25, 0.3) is 0 Å². The normalized spacial score (nSPS) is 10.3. The largest absolute Gasteiger partial charge is 0.495 e. The number of aromatic carboxylic acids is 1. The highest BCUT2D eigenvalue weighted by molar-refractivity contribution is 9.10. The molecule has 0 aliphatic carbocycles. The van der Waals surface area contributed by atoms with Gasteiger partial charge in [-0.2, -0.15) is 0 Å². The number of rotatable bonds is 5. The molecular formula is C14H14BrNO4. The van der Waals surface area contributed by atoms with E-state index in [0.717, 1.165) is 15.9 Å². The van der Waals surface area contributed by atoms with Crippen molar-refractivity contribution in [3.63, 3.8) is 0 Å². The van der Waals surface area contributed by atoms with Gasteiger partial charge in [0.05, 0.1) is 18.1 Å². The Bertz CT molecular complexity index is 636. The van der Waals surface area contributed by atoms with Crippen molar-refractivity contribution in [1.82, 2.24) is 0 Å². The van der Waals surface area contributed by atoms with Crippen molar-refractivity contribution < 1.29 is 19.1 Å². The van der Waals surface area contributed by atoms with Gasteiger partial charge >= 0.3 is 5.97 Å². The zero-order valence-corrected chi connectivity index (χ0v) is 12.7. The maximum absolute atomic E-state index is 10.9. The van der Waals surface area contributed by atoms with Crippen LogP contribution in [0.15, 0.2) is 33.2 Å². The lowest BCUT2D eigenvalue weighted by molar-refractivity contribution is 0.0695. The predicted octanol–water partition coefficient (Wildman–Crippen LogP) is 3.67. The molecule has 0 aliphatic rings. The summed E-state index contributed by atoms with van der Waals surface area (Å²) in [6, 6.07) is 7.14. The first-order valence-corrected chi connectivity index (χ1v) is 6.70. The quantitative estimate of drug-likeness (QED) is 0.869. The number of carbonyl (C=O) groups is 1. The van der Waals surface area contributed by atoms with Gasteiger partial charge in [-0.1, -0.05) is 0 Å². The molecule has 2 aromatic rings. The monoisotopic (exact) mass is 339 g/mol. The fourth-order valence-corrected chi connectivity index (χ4v) is 2.21. The lowest BCUT2D eigenvalue weighted by Crippen LogP contribution is -1.99. The van der Waals surface area contributed by atoms with Gasteiger partial charge in [0.25, 0.3) is 0 Å². The number of carboxylic acid groups (broad SMARTS) is 1. The molecule has 0 fully saturated rings. The number of carboxylic acids is 1. The Morgan fingerprint density at radius 3 is 2.80 bits per heavy atom. The Kier molecular flexibility index (Phi) is 4.34. The van der Waals surface area contributed by atoms with Gasteiger partial charge in [-0.05, 0) is 41.1 Å². The topological polar surface area (TPSA) is 71.7 Å². The average molecular weight is 340 g/mol. The third-order valence-corrected chi connectivity index (χ3v) is 3.47. The van der Waals surface area contributed by atoms with E-state index in [1.165, 1.54) is 6.07 Å². The van der Waals surface area contributed by atoms with E-state index in [4.69, 9.17) is 14.3 Å². The standard InChI is InChI=1S/C14H14BrNO4/c1-8-11(14(17)18)6-10(20-8)7-16-9-3-4-12(15)13(5-9)19-2/h3-6,16H,7H2,1-2H3,(H,17,18). The number of furan rings is 1. The van der Waals surface area contributed by atoms with Gasteiger partial charge in [0.1, 0.15) is 22.8 Å². The molecule has 0 atom stereocenters. The molecule has 0 unspecified atom stereocenters. The van der Waals surface area contributed by atoms with E-state index in [9.17, 15) is 4.79 Å². The predicted molar refractivity (Wildman–Crippen MR) is 78.4 cm³/mol. The summed E-state index contributed by atoms with van der Waals surface area (Å²) in [7, 11) is 1.60. The molecule has 5 nitrogen and oxygen atoms in total. The van der Waals surface area contributed by atoms with E-state index in [0.29, 0.717) is 18.1 Å². The molecule has 1 aromatic carbocycles. The van der Waals surface area contributed by atoms with Crippen LogP contribution in [0.1, 0.15) is 21.9 Å². The third kappa shape index (κ3) is 3.14. The number of hydrogen-bond donors (Lipinski definition) is 2. The summed E-state index contributed by atoms with van der Waals surface area (Å²) in [6.45, 7) is 2.04. The van der Waals surface area contributed by atoms with Crippen LogP contribution in [-0.4, -0.2) is 18.2 Å². The average Bonchev–Trinajstić information content (AvgIpc) is 2.79. The van der Waals surface area contributed by atoms with Crippen LogP contribution in [0.3, 0.4) is 0 Å². The molecule has 0 bridgehead atoms. The number of anilines is 1. The molecule has 0 saturated heterocycles. The molecule has 0 amide bonds. The summed E-state index contributed by atoms with van der Waals surface area (Å²) in [5.74, 6) is 0.712. The molecule has 1 aromatic heterocycles. The summed E-state index contributed by atoms with van der Waals surface area (Å²) in [5.41, 5.74) is 1.05. The molecule has 6 heteroatoms. The van der Waals surface area contributed by atoms with Gasteiger partial charge in [0, 0.05) is 11.8 Å². The number of nitrogens with one attached hydrogen (secondary N) is 1. The first kappa shape index (κ1) is 14.5. The Labute approximate surface area is 124 Å². The molecule has 2 rings (SSSR count). The number of ether oxygens (including phenoxy) is 1. The van der Waals surface area contributed by atoms with Crippen molar-refractivity contribution in [2.75, 3.05) is 12.4 Å². The fraction of sp³-hybridized carbons (Fsp3) is 0.214. The van der Waals surface area contributed by atoms with E-state index in [1.54, 1.807) is 14.0 Å². The molecule has 2 N–H and O–H groups in total. The van der Waals surface area contributed by atoms with Gasteiger partial charge in [-0.3, -0.25) is 0 Å². The van der Waals surface area contributed by atoms with Crippen LogP contribution < -0.4 is 10.1 Å². The molecule has 1 heterocycles. The summed E-state index contributed by atoms with van der Waals surface area (Å²) in [5, 5.41) is 12.1. The molecule has 0 saturated carbocycles. The lowest BCUT2D eigenvalue weighted by atomic mass is 10.2. The zero-order valence-electron chi connectivity index (χ0n) is 11.1. The summed E-state index contributed by atoms with van der Waals surface area (Å²) < 4.78 is 11.5. The van der Waals surface area contributed by atoms with Gasteiger partial charge < -0.3 is 19.6 Å². The van der Waals surface area contributed by atoms with Crippen molar-refractivity contribution in [1.29, 1.82) is 0 Å². The lowest BCUT2D eigenvalue weighted by Gasteiger charge is -2.08. The van der Waals surface area contributed by atoms with Crippen molar-refractivity contribution in [3.8, 4) is 5.75 Å². The maximum Gasteiger partial charge on any atom is 0.339 e. The SMILES string of the molecule is COc1cc(NCc2cc(C(=O)O)c(C)o2)ccc1Br. The minimum Gasteiger partial charge on any atom is -0.495 e. The summed E-state index contributed by atoms with van der Waals surface area (Å²) >= 11 is 3.38. The van der Waals surface area contributed by atoms with Gasteiger partial charge in [0.2, 0.25) is 0 Å². The Morgan fingerprint density at radius 1 is 1.45 bits per heavy atom.